The molecule has 0 spiro atoms. The molecule has 1 aliphatic heterocycles. The second-order valence-corrected chi connectivity index (χ2v) is 9.19. The fraction of sp³-hybridized carbons (Fsp3) is 0.296. The Hall–Kier alpha value is -3.81. The predicted molar refractivity (Wildman–Crippen MR) is 131 cm³/mol. The molecule has 3 heterocycles. The molecule has 5 rings (SSSR count). The van der Waals surface area contributed by atoms with Gasteiger partial charge in [0.25, 0.3) is 0 Å². The first-order valence-electron chi connectivity index (χ1n) is 11.8. The maximum atomic E-state index is 13.4. The van der Waals surface area contributed by atoms with E-state index in [0.717, 1.165) is 48.0 Å². The van der Waals surface area contributed by atoms with Crippen LogP contribution in [0.1, 0.15) is 29.5 Å². The Morgan fingerprint density at radius 1 is 1.09 bits per heavy atom. The van der Waals surface area contributed by atoms with Gasteiger partial charge in [0.1, 0.15) is 17.2 Å². The third-order valence-electron chi connectivity index (χ3n) is 6.65. The van der Waals surface area contributed by atoms with E-state index < -0.39 is 11.6 Å². The number of aryl methyl sites for hydroxylation is 2. The number of piperidine rings is 1. The molecular weight excluding hydrogens is 448 g/mol. The van der Waals surface area contributed by atoms with Crippen LogP contribution >= 0.6 is 0 Å². The van der Waals surface area contributed by atoms with Crippen molar-refractivity contribution in [2.75, 3.05) is 18.0 Å². The summed E-state index contributed by atoms with van der Waals surface area (Å²) in [6.45, 7) is 5.56. The van der Waals surface area contributed by atoms with Crippen molar-refractivity contribution >= 4 is 17.2 Å². The predicted octanol–water partition coefficient (Wildman–Crippen LogP) is 4.82. The van der Waals surface area contributed by atoms with E-state index in [1.54, 1.807) is 6.20 Å². The number of carbonyl (C=O) groups excluding carboxylic acids is 1. The van der Waals surface area contributed by atoms with Crippen molar-refractivity contribution in [2.24, 2.45) is 5.92 Å². The van der Waals surface area contributed by atoms with Gasteiger partial charge in [-0.3, -0.25) is 4.79 Å². The van der Waals surface area contributed by atoms with E-state index in [4.69, 9.17) is 5.10 Å². The van der Waals surface area contributed by atoms with Crippen molar-refractivity contribution in [1.29, 1.82) is 0 Å². The van der Waals surface area contributed by atoms with Crippen LogP contribution in [0.5, 0.6) is 0 Å². The number of carbonyl (C=O) groups is 1. The number of hydrogen-bond donors (Lipinski definition) is 1. The monoisotopic (exact) mass is 475 g/mol. The molecule has 0 unspecified atom stereocenters. The third-order valence-corrected chi connectivity index (χ3v) is 6.65. The van der Waals surface area contributed by atoms with Crippen LogP contribution in [-0.4, -0.2) is 33.6 Å². The number of aromatic nitrogens is 3. The average molecular weight is 476 g/mol. The van der Waals surface area contributed by atoms with E-state index in [2.05, 4.69) is 47.2 Å². The maximum absolute atomic E-state index is 13.4. The van der Waals surface area contributed by atoms with Gasteiger partial charge in [-0.25, -0.2) is 18.3 Å². The zero-order valence-corrected chi connectivity index (χ0v) is 19.8. The summed E-state index contributed by atoms with van der Waals surface area (Å²) in [4.78, 5) is 19.6. The van der Waals surface area contributed by atoms with E-state index in [-0.39, 0.29) is 18.4 Å². The molecule has 2 aromatic carbocycles. The first-order chi connectivity index (χ1) is 16.9. The summed E-state index contributed by atoms with van der Waals surface area (Å²) in [5, 5.41) is 7.58. The lowest BCUT2D eigenvalue weighted by Crippen LogP contribution is -2.43. The molecule has 180 valence electrons. The van der Waals surface area contributed by atoms with Gasteiger partial charge in [-0.15, -0.1) is 0 Å². The molecule has 0 radical (unpaired) electrons. The topological polar surface area (TPSA) is 62.5 Å². The number of fused-ring (bicyclic) bond motifs is 1. The fourth-order valence-corrected chi connectivity index (χ4v) is 4.62. The Morgan fingerprint density at radius 2 is 1.89 bits per heavy atom. The van der Waals surface area contributed by atoms with Gasteiger partial charge in [0.15, 0.2) is 5.82 Å². The summed E-state index contributed by atoms with van der Waals surface area (Å²) in [7, 11) is 0. The normalized spacial score (nSPS) is 16.0. The van der Waals surface area contributed by atoms with Crippen LogP contribution in [0.25, 0.3) is 16.8 Å². The molecule has 35 heavy (non-hydrogen) atoms. The molecule has 1 N–H and O–H groups in total. The van der Waals surface area contributed by atoms with E-state index in [0.29, 0.717) is 12.1 Å². The number of anilines is 1. The summed E-state index contributed by atoms with van der Waals surface area (Å²) in [5.41, 5.74) is 5.65. The Labute approximate surface area is 202 Å². The van der Waals surface area contributed by atoms with E-state index >= 15 is 0 Å². The SMILES string of the molecule is Cc1ccc(-c2cc3c(N4CCC[C@H](C(=O)NCc5cc(F)cc(F)c5)C4)nccn3n2)cc1C. The highest BCUT2D eigenvalue weighted by Crippen LogP contribution is 2.29. The summed E-state index contributed by atoms with van der Waals surface area (Å²) in [6.07, 6.45) is 5.14. The average Bonchev–Trinajstić information content (AvgIpc) is 3.28. The van der Waals surface area contributed by atoms with Crippen molar-refractivity contribution < 1.29 is 13.6 Å². The van der Waals surface area contributed by atoms with E-state index in [1.807, 2.05) is 16.8 Å². The highest BCUT2D eigenvalue weighted by atomic mass is 19.1. The Bertz CT molecular complexity index is 1380. The van der Waals surface area contributed by atoms with Crippen molar-refractivity contribution in [3.05, 3.63) is 83.2 Å². The van der Waals surface area contributed by atoms with Crippen LogP contribution in [0, 0.1) is 31.4 Å². The number of hydrogen-bond acceptors (Lipinski definition) is 4. The van der Waals surface area contributed by atoms with Crippen LogP contribution in [-0.2, 0) is 11.3 Å². The van der Waals surface area contributed by atoms with Crippen molar-refractivity contribution in [3.63, 3.8) is 0 Å². The quantitative estimate of drug-likeness (QED) is 0.449. The molecular formula is C27H27F2N5O. The molecule has 1 fully saturated rings. The minimum Gasteiger partial charge on any atom is -0.354 e. The number of halogens is 2. The highest BCUT2D eigenvalue weighted by Gasteiger charge is 2.28. The van der Waals surface area contributed by atoms with Gasteiger partial charge in [0.05, 0.1) is 11.6 Å². The third kappa shape index (κ3) is 4.87. The second kappa shape index (κ2) is 9.44. The number of amides is 1. The molecule has 0 saturated carbocycles. The van der Waals surface area contributed by atoms with Gasteiger partial charge in [-0.1, -0.05) is 12.1 Å². The molecule has 2 aromatic heterocycles. The second-order valence-electron chi connectivity index (χ2n) is 9.19. The van der Waals surface area contributed by atoms with Crippen molar-refractivity contribution in [1.82, 2.24) is 19.9 Å². The van der Waals surface area contributed by atoms with Gasteiger partial charge in [-0.2, -0.15) is 5.10 Å². The van der Waals surface area contributed by atoms with Gasteiger partial charge in [0.2, 0.25) is 5.91 Å². The molecule has 4 aromatic rings. The molecule has 8 heteroatoms. The van der Waals surface area contributed by atoms with Gasteiger partial charge >= 0.3 is 0 Å². The number of nitrogens with one attached hydrogen (secondary N) is 1. The van der Waals surface area contributed by atoms with Crippen LogP contribution in [0.4, 0.5) is 14.6 Å². The van der Waals surface area contributed by atoms with E-state index in [9.17, 15) is 13.6 Å². The lowest BCUT2D eigenvalue weighted by atomic mass is 9.97. The van der Waals surface area contributed by atoms with Gasteiger partial charge in [-0.05, 0) is 67.6 Å². The minimum absolute atomic E-state index is 0.0831. The minimum atomic E-state index is -0.654. The summed E-state index contributed by atoms with van der Waals surface area (Å²) >= 11 is 0. The maximum Gasteiger partial charge on any atom is 0.225 e. The van der Waals surface area contributed by atoms with Gasteiger partial charge < -0.3 is 10.2 Å². The first-order valence-corrected chi connectivity index (χ1v) is 11.8. The van der Waals surface area contributed by atoms with E-state index in [1.165, 1.54) is 23.3 Å². The van der Waals surface area contributed by atoms with Crippen LogP contribution in [0.15, 0.2) is 54.9 Å². The number of nitrogens with zero attached hydrogens (tertiary/aromatic N) is 4. The molecule has 1 saturated heterocycles. The Morgan fingerprint density at radius 3 is 2.66 bits per heavy atom. The molecule has 0 aliphatic carbocycles. The van der Waals surface area contributed by atoms with Crippen LogP contribution < -0.4 is 10.2 Å². The standard InChI is InChI=1S/C27H27F2N5O/c1-17-5-6-20(10-18(17)2)24-14-25-26(30-7-9-34(25)32-24)33-8-3-4-21(16-33)27(35)31-15-19-11-22(28)13-23(29)12-19/h5-7,9-14,21H,3-4,8,15-16H2,1-2H3,(H,31,35)/t21-/m0/s1. The lowest BCUT2D eigenvalue weighted by molar-refractivity contribution is -0.125. The Balaban J connectivity index is 1.33. The van der Waals surface area contributed by atoms with Crippen molar-refractivity contribution in [2.45, 2.75) is 33.2 Å². The molecule has 1 atom stereocenters. The summed E-state index contributed by atoms with van der Waals surface area (Å²) in [6, 6.07) is 11.6. The smallest absolute Gasteiger partial charge is 0.225 e. The van der Waals surface area contributed by atoms with Crippen LogP contribution in [0.3, 0.4) is 0 Å². The Kier molecular flexibility index (Phi) is 6.19. The molecule has 0 bridgehead atoms. The lowest BCUT2D eigenvalue weighted by Gasteiger charge is -2.33. The first kappa shape index (κ1) is 23.0. The zero-order chi connectivity index (χ0) is 24.5. The molecule has 1 aliphatic rings. The summed E-state index contributed by atoms with van der Waals surface area (Å²) < 4.78 is 28.7. The molecule has 6 nitrogen and oxygen atoms in total. The fourth-order valence-electron chi connectivity index (χ4n) is 4.62. The van der Waals surface area contributed by atoms with Crippen molar-refractivity contribution in [3.8, 4) is 11.3 Å². The number of benzene rings is 2. The van der Waals surface area contributed by atoms with Gasteiger partial charge in [0, 0.05) is 43.7 Å². The molecule has 1 amide bonds. The summed E-state index contributed by atoms with van der Waals surface area (Å²) in [5.74, 6) is -0.891. The van der Waals surface area contributed by atoms with Crippen LogP contribution in [0.2, 0.25) is 0 Å². The largest absolute Gasteiger partial charge is 0.354 e. The highest BCUT2D eigenvalue weighted by molar-refractivity contribution is 5.81. The zero-order valence-electron chi connectivity index (χ0n) is 19.8. The number of rotatable bonds is 5.